The molecule has 0 bridgehead atoms. The van der Waals surface area contributed by atoms with Crippen molar-refractivity contribution in [3.63, 3.8) is 0 Å². The molecule has 0 unspecified atom stereocenters. The summed E-state index contributed by atoms with van der Waals surface area (Å²) >= 11 is 10.6. The topological polar surface area (TPSA) is 52.6 Å². The molecule has 2 rings (SSSR count). The summed E-state index contributed by atoms with van der Waals surface area (Å²) in [4.78, 5) is 17.5. The molecule has 0 aliphatic rings. The smallest absolute Gasteiger partial charge is 0.395 e. The summed E-state index contributed by atoms with van der Waals surface area (Å²) in [5.74, 6) is -6.66. The van der Waals surface area contributed by atoms with E-state index in [-0.39, 0.29) is 18.8 Å². The highest BCUT2D eigenvalue weighted by Crippen LogP contribution is 2.30. The first-order valence-corrected chi connectivity index (χ1v) is 12.2. The number of carbonyl (C=O) groups is 2. The van der Waals surface area contributed by atoms with E-state index in [9.17, 15) is 27.2 Å². The Labute approximate surface area is 221 Å². The van der Waals surface area contributed by atoms with Crippen molar-refractivity contribution >= 4 is 82.3 Å². The van der Waals surface area contributed by atoms with Gasteiger partial charge in [-0.1, -0.05) is 44.0 Å². The maximum absolute atomic E-state index is 13.4. The number of hydrogen-bond acceptors (Lipinski definition) is 4. The first-order chi connectivity index (χ1) is 14.7. The summed E-state index contributed by atoms with van der Waals surface area (Å²) < 4.78 is 61.6. The predicted molar refractivity (Wildman–Crippen MR) is 132 cm³/mol. The molecule has 0 amide bonds. The fourth-order valence-electron chi connectivity index (χ4n) is 1.64. The summed E-state index contributed by atoms with van der Waals surface area (Å²) in [5, 5.41) is 0. The zero-order valence-electron chi connectivity index (χ0n) is 16.7. The Kier molecular flexibility index (Phi) is 14.9. The van der Waals surface area contributed by atoms with Gasteiger partial charge in [0.2, 0.25) is 0 Å². The van der Waals surface area contributed by atoms with Gasteiger partial charge in [0, 0.05) is 34.0 Å². The highest BCUT2D eigenvalue weighted by atomic mass is 127. The third-order valence-corrected chi connectivity index (χ3v) is 5.15. The molecule has 178 valence electrons. The van der Waals surface area contributed by atoms with Crippen LogP contribution < -0.4 is 0 Å². The van der Waals surface area contributed by atoms with Crippen LogP contribution >= 0.6 is 70.4 Å². The van der Waals surface area contributed by atoms with E-state index in [1.807, 2.05) is 28.1 Å². The average Bonchev–Trinajstić information content (AvgIpc) is 2.71. The number of benzene rings is 2. The number of halogens is 8. The number of hydrogen-bond donors (Lipinski definition) is 0. The molecule has 0 heterocycles. The maximum atomic E-state index is 13.4. The maximum Gasteiger partial charge on any atom is 0.395 e. The van der Waals surface area contributed by atoms with Crippen LogP contribution in [0.5, 0.6) is 0 Å². The highest BCUT2D eigenvalue weighted by Gasteiger charge is 2.42. The second kappa shape index (κ2) is 15.2. The van der Waals surface area contributed by atoms with Crippen molar-refractivity contribution in [3.8, 4) is 0 Å². The Hall–Kier alpha value is -0.730. The lowest BCUT2D eigenvalue weighted by molar-refractivity contribution is -0.173. The van der Waals surface area contributed by atoms with Gasteiger partial charge in [0.05, 0.1) is 13.2 Å². The van der Waals surface area contributed by atoms with Gasteiger partial charge in [-0.15, -0.1) is 0 Å². The zero-order valence-corrected chi connectivity index (χ0v) is 23.6. The molecule has 0 spiro atoms. The van der Waals surface area contributed by atoms with Crippen molar-refractivity contribution < 1.29 is 36.6 Å². The molecule has 0 N–H and O–H groups in total. The Morgan fingerprint density at radius 2 is 1.19 bits per heavy atom. The largest absolute Gasteiger partial charge is 0.461 e. The summed E-state index contributed by atoms with van der Waals surface area (Å²) in [7, 11) is 0. The van der Waals surface area contributed by atoms with E-state index >= 15 is 0 Å². The van der Waals surface area contributed by atoms with Crippen molar-refractivity contribution in [1.29, 1.82) is 0 Å². The van der Waals surface area contributed by atoms with E-state index in [1.165, 1.54) is 41.7 Å². The number of ether oxygens (including phenoxy) is 2. The van der Waals surface area contributed by atoms with Gasteiger partial charge >= 0.3 is 22.7 Å². The van der Waals surface area contributed by atoms with Crippen molar-refractivity contribution in [2.24, 2.45) is 0 Å². The lowest BCUT2D eigenvalue weighted by Gasteiger charge is -2.14. The molecule has 0 atom stereocenters. The summed E-state index contributed by atoms with van der Waals surface area (Å²) in [6.45, 7) is 2.83. The van der Waals surface area contributed by atoms with Gasteiger partial charge in [-0.05, 0) is 72.8 Å². The van der Waals surface area contributed by atoms with Gasteiger partial charge in [0.25, 0.3) is 0 Å². The Balaban J connectivity index is 0.000000485. The third-order valence-electron chi connectivity index (χ3n) is 3.05. The molecule has 4 nitrogen and oxygen atoms in total. The molecular formula is C20H18Br3F4IO4. The highest BCUT2D eigenvalue weighted by molar-refractivity contribution is 14.1. The summed E-state index contributed by atoms with van der Waals surface area (Å²) in [5.41, 5.74) is -0.371. The molecule has 0 aliphatic heterocycles. The SMILES string of the molecule is Brc1ccc(I)cc1.CCOC(=O)C(F)(F)Br.CCOC(=O)C(F)(F)c1ccc(Br)cc1. The van der Waals surface area contributed by atoms with E-state index in [1.54, 1.807) is 0 Å². The second-order valence-corrected chi connectivity index (χ2v) is 9.53. The van der Waals surface area contributed by atoms with Crippen molar-refractivity contribution in [3.05, 3.63) is 66.6 Å². The molecule has 0 aromatic heterocycles. The van der Waals surface area contributed by atoms with Gasteiger partial charge in [0.15, 0.2) is 0 Å². The van der Waals surface area contributed by atoms with Crippen molar-refractivity contribution in [2.45, 2.75) is 24.6 Å². The van der Waals surface area contributed by atoms with Gasteiger partial charge in [-0.3, -0.25) is 0 Å². The zero-order chi connectivity index (χ0) is 24.9. The van der Waals surface area contributed by atoms with Gasteiger partial charge in [0.1, 0.15) is 0 Å². The monoisotopic (exact) mass is 762 g/mol. The summed E-state index contributed by atoms with van der Waals surface area (Å²) in [6.07, 6.45) is 0. The van der Waals surface area contributed by atoms with Crippen LogP contribution in [-0.2, 0) is 25.0 Å². The first kappa shape index (κ1) is 31.3. The quantitative estimate of drug-likeness (QED) is 0.136. The number of rotatable bonds is 5. The molecule has 0 fully saturated rings. The molecule has 0 saturated heterocycles. The van der Waals surface area contributed by atoms with Crippen LogP contribution in [0.3, 0.4) is 0 Å². The minimum Gasteiger partial charge on any atom is -0.461 e. The number of alkyl halides is 5. The molecule has 2 aromatic carbocycles. The van der Waals surface area contributed by atoms with Crippen molar-refractivity contribution in [2.75, 3.05) is 13.2 Å². The third kappa shape index (κ3) is 12.5. The lowest BCUT2D eigenvalue weighted by Crippen LogP contribution is -2.28. The van der Waals surface area contributed by atoms with Crippen LogP contribution in [0.2, 0.25) is 0 Å². The Morgan fingerprint density at radius 3 is 1.50 bits per heavy atom. The van der Waals surface area contributed by atoms with Crippen LogP contribution in [0.1, 0.15) is 19.4 Å². The van der Waals surface area contributed by atoms with E-state index in [0.717, 1.165) is 4.47 Å². The number of esters is 2. The molecule has 0 aliphatic carbocycles. The molecule has 2 aromatic rings. The van der Waals surface area contributed by atoms with E-state index in [4.69, 9.17) is 0 Å². The first-order valence-electron chi connectivity index (χ1n) is 8.71. The predicted octanol–water partition coefficient (Wildman–Crippen LogP) is 7.69. The van der Waals surface area contributed by atoms with E-state index in [0.29, 0.717) is 4.47 Å². The van der Waals surface area contributed by atoms with Gasteiger partial charge in [-0.25, -0.2) is 9.59 Å². The fraction of sp³-hybridized carbons (Fsp3) is 0.300. The van der Waals surface area contributed by atoms with Gasteiger partial charge < -0.3 is 9.47 Å². The molecule has 12 heteroatoms. The summed E-state index contributed by atoms with van der Waals surface area (Å²) in [6, 6.07) is 13.4. The standard InChI is InChI=1S/C10H9BrF2O2.C6H4BrI.C4H5BrF2O2/c1-2-15-9(14)10(12,13)7-3-5-8(11)6-4-7;7-5-1-3-6(8)4-2-5;1-2-9-3(8)4(5,6)7/h3-6H,2H2,1H3;1-4H;2H2,1H3. The van der Waals surface area contributed by atoms with E-state index in [2.05, 4.69) is 76.1 Å². The lowest BCUT2D eigenvalue weighted by atomic mass is 10.1. The Morgan fingerprint density at radius 1 is 0.812 bits per heavy atom. The Bertz CT molecular complexity index is 824. The number of carbonyl (C=O) groups excluding carboxylic acids is 2. The minimum atomic E-state index is -3.59. The molecule has 32 heavy (non-hydrogen) atoms. The average molecular weight is 765 g/mol. The van der Waals surface area contributed by atoms with Crippen LogP contribution in [0, 0.1) is 3.57 Å². The van der Waals surface area contributed by atoms with Crippen LogP contribution in [-0.4, -0.2) is 30.0 Å². The normalized spacial score (nSPS) is 10.7. The minimum absolute atomic E-state index is 0.0416. The van der Waals surface area contributed by atoms with E-state index < -0.39 is 22.7 Å². The van der Waals surface area contributed by atoms with Crippen LogP contribution in [0.25, 0.3) is 0 Å². The molecular weight excluding hydrogens is 747 g/mol. The molecule has 0 radical (unpaired) electrons. The fourth-order valence-corrected chi connectivity index (χ4v) is 2.64. The second-order valence-electron chi connectivity index (χ2n) is 5.46. The van der Waals surface area contributed by atoms with Crippen LogP contribution in [0.4, 0.5) is 17.6 Å². The molecule has 0 saturated carbocycles. The van der Waals surface area contributed by atoms with Crippen molar-refractivity contribution in [1.82, 2.24) is 0 Å². The van der Waals surface area contributed by atoms with Crippen LogP contribution in [0.15, 0.2) is 57.5 Å². The van der Waals surface area contributed by atoms with Gasteiger partial charge in [-0.2, -0.15) is 17.6 Å².